The molecule has 0 bridgehead atoms. The third-order valence-electron chi connectivity index (χ3n) is 7.69. The molecule has 0 aliphatic heterocycles. The van der Waals surface area contributed by atoms with Gasteiger partial charge in [-0.15, -0.1) is 0 Å². The number of benzene rings is 2. The Morgan fingerprint density at radius 1 is 1.06 bits per heavy atom. The van der Waals surface area contributed by atoms with Gasteiger partial charge in [0.25, 0.3) is 0 Å². The molecule has 0 spiro atoms. The molecular weight excluding hydrogens is 440 g/mol. The van der Waals surface area contributed by atoms with E-state index in [2.05, 4.69) is 21.7 Å². The number of aryl methyl sites for hydroxylation is 2. The minimum Gasteiger partial charge on any atom is -0.368 e. The van der Waals surface area contributed by atoms with Gasteiger partial charge in [0.15, 0.2) is 0 Å². The minimum atomic E-state index is -1.17. The number of carbonyl (C=O) groups excluding carboxylic acids is 3. The molecule has 5 rings (SSSR count). The lowest BCUT2D eigenvalue weighted by molar-refractivity contribution is -0.137. The summed E-state index contributed by atoms with van der Waals surface area (Å²) in [6, 6.07) is 15.2. The SMILES string of the molecule is CC(C)[C@H](NC(=O)[C@@]1(NC(=O)C2CCc3ccccc32)CCc2[nH]c3ccccc3c2C1)C(N)=O. The first kappa shape index (κ1) is 23.1. The van der Waals surface area contributed by atoms with Crippen molar-refractivity contribution >= 4 is 28.6 Å². The Labute approximate surface area is 204 Å². The summed E-state index contributed by atoms with van der Waals surface area (Å²) < 4.78 is 0. The van der Waals surface area contributed by atoms with Gasteiger partial charge in [-0.1, -0.05) is 56.3 Å². The van der Waals surface area contributed by atoms with Crippen LogP contribution in [-0.4, -0.2) is 34.3 Å². The number of para-hydroxylation sites is 1. The average Bonchev–Trinajstić information content (AvgIpc) is 3.43. The topological polar surface area (TPSA) is 117 Å². The fraction of sp³-hybridized carbons (Fsp3) is 0.393. The maximum Gasteiger partial charge on any atom is 0.246 e. The summed E-state index contributed by atoms with van der Waals surface area (Å²) in [5.41, 5.74) is 9.78. The molecule has 5 N–H and O–H groups in total. The second-order valence-corrected chi connectivity index (χ2v) is 10.3. The number of hydrogen-bond acceptors (Lipinski definition) is 3. The van der Waals surface area contributed by atoms with Gasteiger partial charge in [0.2, 0.25) is 17.7 Å². The van der Waals surface area contributed by atoms with E-state index in [0.717, 1.165) is 40.6 Å². The Hall–Kier alpha value is -3.61. The highest BCUT2D eigenvalue weighted by Gasteiger charge is 2.46. The quantitative estimate of drug-likeness (QED) is 0.442. The number of rotatable bonds is 6. The molecule has 0 radical (unpaired) electrons. The summed E-state index contributed by atoms with van der Waals surface area (Å²) >= 11 is 0. The summed E-state index contributed by atoms with van der Waals surface area (Å²) in [5, 5.41) is 7.10. The van der Waals surface area contributed by atoms with Crippen molar-refractivity contribution in [2.75, 3.05) is 0 Å². The van der Waals surface area contributed by atoms with Crippen LogP contribution in [0.15, 0.2) is 48.5 Å². The van der Waals surface area contributed by atoms with Crippen molar-refractivity contribution in [2.24, 2.45) is 11.7 Å². The van der Waals surface area contributed by atoms with Crippen molar-refractivity contribution in [3.8, 4) is 0 Å². The van der Waals surface area contributed by atoms with E-state index in [-0.39, 0.29) is 23.7 Å². The molecule has 7 heteroatoms. The normalized spacial score (nSPS) is 21.9. The van der Waals surface area contributed by atoms with E-state index in [1.165, 1.54) is 5.56 Å². The van der Waals surface area contributed by atoms with Gasteiger partial charge < -0.3 is 21.4 Å². The maximum absolute atomic E-state index is 13.9. The summed E-state index contributed by atoms with van der Waals surface area (Å²) in [4.78, 5) is 43.1. The van der Waals surface area contributed by atoms with Crippen molar-refractivity contribution in [2.45, 2.75) is 63.5 Å². The van der Waals surface area contributed by atoms with Gasteiger partial charge in [0.05, 0.1) is 5.92 Å². The monoisotopic (exact) mass is 472 g/mol. The molecule has 2 aromatic carbocycles. The first-order valence-corrected chi connectivity index (χ1v) is 12.4. The lowest BCUT2D eigenvalue weighted by atomic mass is 9.78. The van der Waals surface area contributed by atoms with Gasteiger partial charge in [-0.2, -0.15) is 0 Å². The van der Waals surface area contributed by atoms with Crippen LogP contribution in [0, 0.1) is 5.92 Å². The second-order valence-electron chi connectivity index (χ2n) is 10.3. The van der Waals surface area contributed by atoms with E-state index in [0.29, 0.717) is 19.3 Å². The predicted octanol–water partition coefficient (Wildman–Crippen LogP) is 2.87. The van der Waals surface area contributed by atoms with E-state index in [1.54, 1.807) is 0 Å². The van der Waals surface area contributed by atoms with Crippen molar-refractivity contribution < 1.29 is 14.4 Å². The molecule has 35 heavy (non-hydrogen) atoms. The summed E-state index contributed by atoms with van der Waals surface area (Å²) in [7, 11) is 0. The first-order valence-electron chi connectivity index (χ1n) is 12.4. The molecule has 3 amide bonds. The van der Waals surface area contributed by atoms with Crippen LogP contribution < -0.4 is 16.4 Å². The third-order valence-corrected chi connectivity index (χ3v) is 7.69. The van der Waals surface area contributed by atoms with Crippen LogP contribution in [0.5, 0.6) is 0 Å². The number of amides is 3. The Kier molecular flexibility index (Phi) is 5.87. The van der Waals surface area contributed by atoms with Gasteiger partial charge in [0, 0.05) is 23.0 Å². The van der Waals surface area contributed by atoms with Crippen LogP contribution in [0.2, 0.25) is 0 Å². The zero-order valence-corrected chi connectivity index (χ0v) is 20.2. The van der Waals surface area contributed by atoms with E-state index >= 15 is 0 Å². The lowest BCUT2D eigenvalue weighted by Gasteiger charge is -2.38. The predicted molar refractivity (Wildman–Crippen MR) is 135 cm³/mol. The summed E-state index contributed by atoms with van der Waals surface area (Å²) in [6.45, 7) is 3.68. The Balaban J connectivity index is 1.50. The zero-order chi connectivity index (χ0) is 24.7. The molecule has 0 saturated heterocycles. The minimum absolute atomic E-state index is 0.145. The fourth-order valence-corrected chi connectivity index (χ4v) is 5.76. The Morgan fingerprint density at radius 2 is 1.80 bits per heavy atom. The first-order chi connectivity index (χ1) is 16.8. The van der Waals surface area contributed by atoms with Crippen molar-refractivity contribution in [1.29, 1.82) is 0 Å². The lowest BCUT2D eigenvalue weighted by Crippen LogP contribution is -2.65. The summed E-state index contributed by atoms with van der Waals surface area (Å²) in [5.74, 6) is -1.54. The fourth-order valence-electron chi connectivity index (χ4n) is 5.76. The van der Waals surface area contributed by atoms with Crippen molar-refractivity contribution in [1.82, 2.24) is 15.6 Å². The van der Waals surface area contributed by atoms with Gasteiger partial charge in [-0.25, -0.2) is 0 Å². The number of nitrogens with one attached hydrogen (secondary N) is 3. The molecule has 1 aromatic heterocycles. The van der Waals surface area contributed by atoms with Crippen molar-refractivity contribution in [3.63, 3.8) is 0 Å². The Morgan fingerprint density at radius 3 is 2.57 bits per heavy atom. The standard InChI is InChI=1S/C28H32N4O3/c1-16(2)24(25(29)33)31-27(35)28(32-26(34)20-12-11-17-7-3-4-8-18(17)20)14-13-23-21(15-28)19-9-5-6-10-22(19)30-23/h3-10,16,20,24,30H,11-15H2,1-2H3,(H2,29,33)(H,31,35)(H,32,34)/t20?,24-,28+/m0/s1. The number of H-pyrrole nitrogens is 1. The van der Waals surface area contributed by atoms with E-state index in [4.69, 9.17) is 5.73 Å². The molecule has 182 valence electrons. The van der Waals surface area contributed by atoms with Crippen LogP contribution in [0.4, 0.5) is 0 Å². The number of fused-ring (bicyclic) bond motifs is 4. The van der Waals surface area contributed by atoms with E-state index in [1.807, 2.05) is 56.3 Å². The highest BCUT2D eigenvalue weighted by molar-refractivity contribution is 5.98. The van der Waals surface area contributed by atoms with E-state index in [9.17, 15) is 14.4 Å². The van der Waals surface area contributed by atoms with Gasteiger partial charge in [-0.05, 0) is 54.4 Å². The maximum atomic E-state index is 13.9. The molecular formula is C28H32N4O3. The van der Waals surface area contributed by atoms with Crippen LogP contribution in [0.3, 0.4) is 0 Å². The number of hydrogen-bond donors (Lipinski definition) is 4. The van der Waals surface area contributed by atoms with Gasteiger partial charge in [0.1, 0.15) is 11.6 Å². The highest BCUT2D eigenvalue weighted by atomic mass is 16.2. The molecule has 3 atom stereocenters. The molecule has 3 aromatic rings. The second kappa shape index (κ2) is 8.87. The molecule has 0 saturated carbocycles. The smallest absolute Gasteiger partial charge is 0.246 e. The molecule has 7 nitrogen and oxygen atoms in total. The van der Waals surface area contributed by atoms with Crippen LogP contribution >= 0.6 is 0 Å². The molecule has 1 heterocycles. The molecule has 0 fully saturated rings. The van der Waals surface area contributed by atoms with Gasteiger partial charge >= 0.3 is 0 Å². The van der Waals surface area contributed by atoms with E-state index < -0.39 is 17.5 Å². The number of primary amides is 1. The molecule has 2 aliphatic rings. The average molecular weight is 473 g/mol. The van der Waals surface area contributed by atoms with Gasteiger partial charge in [-0.3, -0.25) is 14.4 Å². The number of aromatic nitrogens is 1. The third kappa shape index (κ3) is 4.09. The summed E-state index contributed by atoms with van der Waals surface area (Å²) in [6.07, 6.45) is 2.96. The van der Waals surface area contributed by atoms with Crippen LogP contribution in [0.25, 0.3) is 10.9 Å². The Bertz CT molecular complexity index is 1310. The number of carbonyl (C=O) groups is 3. The highest BCUT2D eigenvalue weighted by Crippen LogP contribution is 2.37. The van der Waals surface area contributed by atoms with Crippen molar-refractivity contribution in [3.05, 3.63) is 70.9 Å². The largest absolute Gasteiger partial charge is 0.368 e. The van der Waals surface area contributed by atoms with Crippen LogP contribution in [-0.2, 0) is 33.6 Å². The molecule has 2 aliphatic carbocycles. The number of aromatic amines is 1. The zero-order valence-electron chi connectivity index (χ0n) is 20.2. The number of nitrogens with two attached hydrogens (primary N) is 1. The van der Waals surface area contributed by atoms with Crippen LogP contribution in [0.1, 0.15) is 55.0 Å². The molecule has 1 unspecified atom stereocenters.